The second-order valence-electron chi connectivity index (χ2n) is 16.5. The van der Waals surface area contributed by atoms with E-state index in [1.807, 2.05) is 21.1 Å². The van der Waals surface area contributed by atoms with E-state index in [4.69, 9.17) is 23.3 Å². The van der Waals surface area contributed by atoms with Crippen LogP contribution in [0, 0.1) is 0 Å². The summed E-state index contributed by atoms with van der Waals surface area (Å²) >= 11 is 0. The summed E-state index contributed by atoms with van der Waals surface area (Å²) in [5, 5.41) is 0. The van der Waals surface area contributed by atoms with Crippen molar-refractivity contribution in [2.24, 2.45) is 0 Å². The number of ether oxygens (including phenoxy) is 3. The maximum atomic E-state index is 12.7. The van der Waals surface area contributed by atoms with Crippen LogP contribution in [0.1, 0.15) is 181 Å². The summed E-state index contributed by atoms with van der Waals surface area (Å²) < 4.78 is 40.0. The molecule has 11 heteroatoms. The Kier molecular flexibility index (Phi) is 31.3. The van der Waals surface area contributed by atoms with Gasteiger partial charge in [-0.2, -0.15) is 0 Å². The van der Waals surface area contributed by atoms with E-state index in [1.54, 1.807) is 0 Å². The van der Waals surface area contributed by atoms with Crippen molar-refractivity contribution in [2.75, 3.05) is 47.5 Å². The molecule has 0 spiro atoms. The lowest BCUT2D eigenvalue weighted by molar-refractivity contribution is -0.870. The fraction of sp³-hybridized carbons (Fsp3) is 0.864. The van der Waals surface area contributed by atoms with Gasteiger partial charge in [0.1, 0.15) is 19.8 Å². The molecule has 0 amide bonds. The van der Waals surface area contributed by atoms with Crippen molar-refractivity contribution in [3.8, 4) is 0 Å². The fourth-order valence-electron chi connectivity index (χ4n) is 6.25. The molecular formula is C44H83NO9P+. The molecule has 0 aromatic rings. The molecule has 1 fully saturated rings. The molecule has 0 aliphatic carbocycles. The second kappa shape index (κ2) is 33.4. The van der Waals surface area contributed by atoms with Crippen molar-refractivity contribution < 1.29 is 46.8 Å². The molecule has 1 aliphatic heterocycles. The van der Waals surface area contributed by atoms with Gasteiger partial charge < -0.3 is 23.6 Å². The van der Waals surface area contributed by atoms with Gasteiger partial charge in [0.15, 0.2) is 6.10 Å². The molecule has 1 heterocycles. The molecule has 0 aromatic heterocycles. The average Bonchev–Trinajstić information content (AvgIpc) is 3.89. The van der Waals surface area contributed by atoms with Crippen LogP contribution in [0.2, 0.25) is 0 Å². The number of carbonyl (C=O) groups excluding carboxylic acids is 2. The van der Waals surface area contributed by atoms with Gasteiger partial charge in [0.05, 0.1) is 40.0 Å². The highest BCUT2D eigenvalue weighted by Gasteiger charge is 2.36. The minimum atomic E-state index is -4.38. The number of hydrogen-bond donors (Lipinski definition) is 1. The van der Waals surface area contributed by atoms with Crippen molar-refractivity contribution in [1.82, 2.24) is 0 Å². The highest BCUT2D eigenvalue weighted by Crippen LogP contribution is 2.43. The molecule has 0 aromatic carbocycles. The number of phosphoric acid groups is 1. The van der Waals surface area contributed by atoms with Crippen molar-refractivity contribution in [1.29, 1.82) is 0 Å². The number of nitrogens with zero attached hydrogens (tertiary/aromatic N) is 1. The molecule has 0 saturated carbocycles. The number of rotatable bonds is 39. The van der Waals surface area contributed by atoms with Crippen LogP contribution in [0.4, 0.5) is 0 Å². The van der Waals surface area contributed by atoms with Gasteiger partial charge in [0.2, 0.25) is 0 Å². The summed E-state index contributed by atoms with van der Waals surface area (Å²) in [6.07, 6.45) is 36.7. The standard InChI is InChI=1S/C44H82NO9P/c1-6-8-10-11-12-13-14-15-16-17-18-19-24-27-31-35-44(47)53-40(39-52-55(48,49)51-37-36-45(3,4)5)38-50-43(46)34-30-26-23-21-20-22-25-29-33-42-41(54-42)32-28-9-7-2/h13-14,25,29,40-42H,6-12,15-24,26-28,30-39H2,1-5H3/p+1/b14-13-,29-25-/t40-,41?,42?/m1/s1. The van der Waals surface area contributed by atoms with Gasteiger partial charge in [0, 0.05) is 12.8 Å². The molecule has 322 valence electrons. The number of allylic oxidation sites excluding steroid dienone is 3. The minimum absolute atomic E-state index is 0.0269. The average molecular weight is 801 g/mol. The lowest BCUT2D eigenvalue weighted by atomic mass is 10.1. The molecule has 1 aliphatic rings. The van der Waals surface area contributed by atoms with Gasteiger partial charge in [-0.1, -0.05) is 128 Å². The lowest BCUT2D eigenvalue weighted by Gasteiger charge is -2.24. The molecular weight excluding hydrogens is 717 g/mol. The third-order valence-electron chi connectivity index (χ3n) is 9.88. The zero-order chi connectivity index (χ0) is 40.5. The first kappa shape index (κ1) is 51.5. The number of unbranched alkanes of at least 4 members (excludes halogenated alkanes) is 18. The van der Waals surface area contributed by atoms with E-state index in [-0.39, 0.29) is 32.0 Å². The fourth-order valence-corrected chi connectivity index (χ4v) is 6.99. The van der Waals surface area contributed by atoms with Crippen LogP contribution in [0.5, 0.6) is 0 Å². The Labute approximate surface area is 336 Å². The normalized spacial score (nSPS) is 17.5. The van der Waals surface area contributed by atoms with E-state index in [9.17, 15) is 19.0 Å². The van der Waals surface area contributed by atoms with Gasteiger partial charge in [-0.05, 0) is 64.2 Å². The van der Waals surface area contributed by atoms with Crippen LogP contribution in [-0.2, 0) is 37.4 Å². The first-order valence-corrected chi connectivity index (χ1v) is 23.7. The van der Waals surface area contributed by atoms with Gasteiger partial charge in [0.25, 0.3) is 0 Å². The van der Waals surface area contributed by atoms with E-state index in [0.29, 0.717) is 29.7 Å². The summed E-state index contributed by atoms with van der Waals surface area (Å²) in [6, 6.07) is 0. The Hall–Kier alpha value is -1.55. The number of phosphoric ester groups is 1. The van der Waals surface area contributed by atoms with E-state index < -0.39 is 26.5 Å². The summed E-state index contributed by atoms with van der Waals surface area (Å²) in [5.74, 6) is -0.823. The predicted molar refractivity (Wildman–Crippen MR) is 224 cm³/mol. The quantitative estimate of drug-likeness (QED) is 0.0162. The SMILES string of the molecule is CCCCCC/C=C\CCCCCCCCCC(=O)O[C@H](COC(=O)CCCCCCC/C=C\CC1OC1CCCCC)COP(=O)(O)OCC[N+](C)(C)C. The maximum Gasteiger partial charge on any atom is 0.472 e. The monoisotopic (exact) mass is 801 g/mol. The third kappa shape index (κ3) is 34.2. The van der Waals surface area contributed by atoms with E-state index >= 15 is 0 Å². The maximum absolute atomic E-state index is 12.7. The van der Waals surface area contributed by atoms with Crippen LogP contribution in [0.15, 0.2) is 24.3 Å². The largest absolute Gasteiger partial charge is 0.472 e. The van der Waals surface area contributed by atoms with Crippen LogP contribution >= 0.6 is 7.82 Å². The van der Waals surface area contributed by atoms with Crippen molar-refractivity contribution in [3.63, 3.8) is 0 Å². The number of esters is 2. The first-order chi connectivity index (χ1) is 26.5. The molecule has 1 saturated heterocycles. The summed E-state index contributed by atoms with van der Waals surface area (Å²) in [7, 11) is 1.46. The van der Waals surface area contributed by atoms with Crippen molar-refractivity contribution in [2.45, 2.75) is 199 Å². The Morgan fingerprint density at radius 2 is 1.16 bits per heavy atom. The van der Waals surface area contributed by atoms with Gasteiger partial charge in [-0.25, -0.2) is 4.57 Å². The van der Waals surface area contributed by atoms with Gasteiger partial charge in [-0.15, -0.1) is 0 Å². The number of epoxide rings is 1. The number of carbonyl (C=O) groups is 2. The first-order valence-electron chi connectivity index (χ1n) is 22.2. The van der Waals surface area contributed by atoms with Gasteiger partial charge >= 0.3 is 19.8 Å². The molecule has 10 nitrogen and oxygen atoms in total. The van der Waals surface area contributed by atoms with Crippen LogP contribution in [0.3, 0.4) is 0 Å². The van der Waals surface area contributed by atoms with Gasteiger partial charge in [-0.3, -0.25) is 18.6 Å². The molecule has 4 atom stereocenters. The van der Waals surface area contributed by atoms with Crippen LogP contribution in [-0.4, -0.2) is 87.1 Å². The molecule has 1 rings (SSSR count). The molecule has 0 bridgehead atoms. The lowest BCUT2D eigenvalue weighted by Crippen LogP contribution is -2.37. The minimum Gasteiger partial charge on any atom is -0.462 e. The Balaban J connectivity index is 2.28. The zero-order valence-electron chi connectivity index (χ0n) is 35.9. The van der Waals surface area contributed by atoms with Crippen LogP contribution in [0.25, 0.3) is 0 Å². The van der Waals surface area contributed by atoms with Crippen molar-refractivity contribution in [3.05, 3.63) is 24.3 Å². The Morgan fingerprint density at radius 1 is 0.655 bits per heavy atom. The van der Waals surface area contributed by atoms with Crippen LogP contribution < -0.4 is 0 Å². The molecule has 55 heavy (non-hydrogen) atoms. The molecule has 1 N–H and O–H groups in total. The third-order valence-corrected chi connectivity index (χ3v) is 10.9. The smallest absolute Gasteiger partial charge is 0.462 e. The Morgan fingerprint density at radius 3 is 1.75 bits per heavy atom. The predicted octanol–water partition coefficient (Wildman–Crippen LogP) is 11.3. The Bertz CT molecular complexity index is 1060. The zero-order valence-corrected chi connectivity index (χ0v) is 36.8. The highest BCUT2D eigenvalue weighted by atomic mass is 31.2. The molecule has 0 radical (unpaired) electrons. The summed E-state index contributed by atoms with van der Waals surface area (Å²) in [4.78, 5) is 35.4. The highest BCUT2D eigenvalue weighted by molar-refractivity contribution is 7.47. The number of likely N-dealkylation sites (N-methyl/N-ethyl adjacent to an activating group) is 1. The van der Waals surface area contributed by atoms with Crippen molar-refractivity contribution >= 4 is 19.8 Å². The summed E-state index contributed by atoms with van der Waals surface area (Å²) in [6.45, 7) is 4.35. The number of hydrogen-bond acceptors (Lipinski definition) is 8. The molecule has 3 unspecified atom stereocenters. The second-order valence-corrected chi connectivity index (χ2v) is 17.9. The van der Waals surface area contributed by atoms with E-state index in [1.165, 1.54) is 77.0 Å². The summed E-state index contributed by atoms with van der Waals surface area (Å²) in [5.41, 5.74) is 0. The van der Waals surface area contributed by atoms with E-state index in [0.717, 1.165) is 70.6 Å². The number of quaternary nitrogens is 1. The topological polar surface area (TPSA) is 121 Å². The van der Waals surface area contributed by atoms with E-state index in [2.05, 4.69) is 38.2 Å².